The van der Waals surface area contributed by atoms with Crippen LogP contribution >= 0.6 is 11.8 Å². The van der Waals surface area contributed by atoms with E-state index in [1.807, 2.05) is 36.2 Å². The Kier molecular flexibility index (Phi) is 11.9. The third kappa shape index (κ3) is 9.10. The lowest BCUT2D eigenvalue weighted by atomic mass is 10.0. The van der Waals surface area contributed by atoms with Gasteiger partial charge in [-0.05, 0) is 37.1 Å². The maximum atomic E-state index is 13.2. The van der Waals surface area contributed by atoms with E-state index in [4.69, 9.17) is 14.2 Å². The molecule has 4 atom stereocenters. The van der Waals surface area contributed by atoms with E-state index >= 15 is 0 Å². The molecule has 4 heterocycles. The first-order valence-electron chi connectivity index (χ1n) is 17.2. The Morgan fingerprint density at radius 1 is 1.06 bits per heavy atom. The standard InChI is InChI=1S/C35H44N8O7S/c1-48-25-10-11-29(49-2)28(18-25)43-19-23(17-32(43)45)34(46)37-24-7-5-6-22(16-24)26-20-42(41-40-26)13-15-50-14-12-36-31(44)9-4-3-8-30-33-27(21-51-30)38-35(47)39-33/h5-7,10-11,16,18,20,23,27,30,33H,3-4,8-9,12-15,17,19,21H2,1-2H3,(H,36,44)(H,37,46)(H2,38,39,47)/t23?,27-,30-,33-/m0/s1. The second kappa shape index (κ2) is 16.9. The molecular formula is C35H44N8O7S. The molecule has 4 N–H and O–H groups in total. The fourth-order valence-corrected chi connectivity index (χ4v) is 8.09. The van der Waals surface area contributed by atoms with Crippen LogP contribution in [-0.2, 0) is 25.7 Å². The van der Waals surface area contributed by atoms with Crippen molar-refractivity contribution in [1.82, 2.24) is 30.9 Å². The number of carbonyl (C=O) groups is 4. The van der Waals surface area contributed by atoms with E-state index in [1.165, 1.54) is 7.11 Å². The van der Waals surface area contributed by atoms with Gasteiger partial charge in [-0.3, -0.25) is 14.4 Å². The van der Waals surface area contributed by atoms with Gasteiger partial charge in [0.25, 0.3) is 0 Å². The molecule has 3 fully saturated rings. The molecule has 0 bridgehead atoms. The van der Waals surface area contributed by atoms with Crippen molar-refractivity contribution in [3.8, 4) is 22.8 Å². The summed E-state index contributed by atoms with van der Waals surface area (Å²) in [6.07, 6.45) is 5.11. The fourth-order valence-electron chi connectivity index (χ4n) is 6.55. The Balaban J connectivity index is 0.880. The predicted molar refractivity (Wildman–Crippen MR) is 192 cm³/mol. The van der Waals surface area contributed by atoms with Crippen LogP contribution in [0.2, 0.25) is 0 Å². The van der Waals surface area contributed by atoms with Crippen LogP contribution in [-0.4, -0.2) is 102 Å². The highest BCUT2D eigenvalue weighted by atomic mass is 32.2. The third-order valence-electron chi connectivity index (χ3n) is 9.25. The van der Waals surface area contributed by atoms with Gasteiger partial charge in [-0.15, -0.1) is 5.10 Å². The summed E-state index contributed by atoms with van der Waals surface area (Å²) in [5, 5.41) is 20.7. The third-order valence-corrected chi connectivity index (χ3v) is 10.8. The van der Waals surface area contributed by atoms with Crippen LogP contribution in [0.25, 0.3) is 11.3 Å². The number of ether oxygens (including phenoxy) is 3. The number of thioether (sulfide) groups is 1. The number of unbranched alkanes of at least 4 members (excludes halogenated alkanes) is 1. The molecule has 6 rings (SSSR count). The number of nitrogens with one attached hydrogen (secondary N) is 4. The highest BCUT2D eigenvalue weighted by Crippen LogP contribution is 2.36. The van der Waals surface area contributed by atoms with E-state index in [-0.39, 0.29) is 48.8 Å². The molecule has 15 nitrogen and oxygen atoms in total. The van der Waals surface area contributed by atoms with Crippen molar-refractivity contribution >= 4 is 46.9 Å². The van der Waals surface area contributed by atoms with Gasteiger partial charge < -0.3 is 40.4 Å². The van der Waals surface area contributed by atoms with Crippen LogP contribution in [0.15, 0.2) is 48.7 Å². The molecule has 0 spiro atoms. The average molecular weight is 721 g/mol. The van der Waals surface area contributed by atoms with E-state index in [0.29, 0.717) is 66.5 Å². The van der Waals surface area contributed by atoms with Gasteiger partial charge in [-0.2, -0.15) is 11.8 Å². The number of benzene rings is 2. The van der Waals surface area contributed by atoms with Crippen LogP contribution in [0.1, 0.15) is 32.1 Å². The number of nitrogens with zero attached hydrogens (tertiary/aromatic N) is 4. The molecule has 0 aliphatic carbocycles. The quantitative estimate of drug-likeness (QED) is 0.120. The summed E-state index contributed by atoms with van der Waals surface area (Å²) in [7, 11) is 3.09. The molecule has 5 amide bonds. The molecule has 51 heavy (non-hydrogen) atoms. The number of rotatable bonds is 17. The van der Waals surface area contributed by atoms with E-state index < -0.39 is 5.92 Å². The number of amides is 5. The van der Waals surface area contributed by atoms with Crippen molar-refractivity contribution < 1.29 is 33.4 Å². The zero-order valence-corrected chi connectivity index (χ0v) is 29.6. The highest BCUT2D eigenvalue weighted by Gasteiger charge is 2.42. The molecule has 2 aromatic carbocycles. The molecule has 3 saturated heterocycles. The Bertz CT molecular complexity index is 1720. The molecule has 3 aliphatic heterocycles. The largest absolute Gasteiger partial charge is 0.497 e. The normalized spacial score (nSPS) is 20.9. The minimum absolute atomic E-state index is 0.0123. The van der Waals surface area contributed by atoms with Crippen molar-refractivity contribution in [2.75, 3.05) is 56.5 Å². The monoisotopic (exact) mass is 720 g/mol. The number of fused-ring (bicyclic) bond motifs is 1. The predicted octanol–water partition coefficient (Wildman–Crippen LogP) is 2.81. The molecule has 0 saturated carbocycles. The zero-order valence-electron chi connectivity index (χ0n) is 28.8. The number of hydrogen-bond acceptors (Lipinski definition) is 10. The maximum absolute atomic E-state index is 13.2. The zero-order chi connectivity index (χ0) is 35.7. The van der Waals surface area contributed by atoms with Gasteiger partial charge in [0.2, 0.25) is 17.7 Å². The number of methoxy groups -OCH3 is 2. The summed E-state index contributed by atoms with van der Waals surface area (Å²) in [5.41, 5.74) is 2.57. The number of aromatic nitrogens is 3. The Morgan fingerprint density at radius 3 is 2.78 bits per heavy atom. The molecule has 16 heteroatoms. The second-order valence-electron chi connectivity index (χ2n) is 12.7. The molecule has 272 valence electrons. The van der Waals surface area contributed by atoms with Crippen molar-refractivity contribution in [2.45, 2.75) is 56.0 Å². The Morgan fingerprint density at radius 2 is 1.94 bits per heavy atom. The van der Waals surface area contributed by atoms with E-state index in [9.17, 15) is 19.2 Å². The molecule has 0 radical (unpaired) electrons. The van der Waals surface area contributed by atoms with Crippen molar-refractivity contribution in [1.29, 1.82) is 0 Å². The molecule has 3 aliphatic rings. The van der Waals surface area contributed by atoms with Crippen molar-refractivity contribution in [3.63, 3.8) is 0 Å². The van der Waals surface area contributed by atoms with Crippen LogP contribution in [0.5, 0.6) is 11.5 Å². The van der Waals surface area contributed by atoms with E-state index in [0.717, 1.165) is 30.6 Å². The summed E-state index contributed by atoms with van der Waals surface area (Å²) in [6, 6.07) is 12.9. The van der Waals surface area contributed by atoms with Crippen molar-refractivity contribution in [3.05, 3.63) is 48.7 Å². The Hall–Kier alpha value is -4.83. The lowest BCUT2D eigenvalue weighted by Gasteiger charge is -2.20. The SMILES string of the molecule is COc1ccc(OC)c(N2CC(C(=O)Nc3cccc(-c4cn(CCOCCNC(=O)CCCC[C@@H]5SC[C@@H]6NC(=O)N[C@@H]65)nn4)c3)CC2=O)c1. The summed E-state index contributed by atoms with van der Waals surface area (Å²) in [5.74, 6) is 1.11. The van der Waals surface area contributed by atoms with Crippen LogP contribution in [0.4, 0.5) is 16.2 Å². The number of hydrogen-bond donors (Lipinski definition) is 4. The summed E-state index contributed by atoms with van der Waals surface area (Å²) in [4.78, 5) is 51.4. The number of urea groups is 1. The van der Waals surface area contributed by atoms with Gasteiger partial charge in [-0.1, -0.05) is 23.8 Å². The molecule has 1 unspecified atom stereocenters. The maximum Gasteiger partial charge on any atom is 0.315 e. The smallest absolute Gasteiger partial charge is 0.315 e. The topological polar surface area (TPSA) is 178 Å². The lowest BCUT2D eigenvalue weighted by molar-refractivity contribution is -0.122. The highest BCUT2D eigenvalue weighted by molar-refractivity contribution is 8.00. The van der Waals surface area contributed by atoms with Crippen LogP contribution < -0.4 is 35.6 Å². The van der Waals surface area contributed by atoms with Gasteiger partial charge >= 0.3 is 6.03 Å². The lowest BCUT2D eigenvalue weighted by Crippen LogP contribution is -2.36. The summed E-state index contributed by atoms with van der Waals surface area (Å²) in [6.45, 7) is 1.93. The van der Waals surface area contributed by atoms with Crippen LogP contribution in [0.3, 0.4) is 0 Å². The first kappa shape index (κ1) is 36.0. The van der Waals surface area contributed by atoms with Crippen LogP contribution in [0, 0.1) is 5.92 Å². The molecular weight excluding hydrogens is 677 g/mol. The van der Waals surface area contributed by atoms with Gasteiger partial charge in [0.1, 0.15) is 17.2 Å². The van der Waals surface area contributed by atoms with Gasteiger partial charge in [-0.25, -0.2) is 9.48 Å². The van der Waals surface area contributed by atoms with E-state index in [2.05, 4.69) is 31.6 Å². The first-order chi connectivity index (χ1) is 24.8. The molecule has 1 aromatic heterocycles. The number of carbonyl (C=O) groups excluding carboxylic acids is 4. The number of anilines is 2. The molecule has 3 aromatic rings. The minimum atomic E-state index is -0.539. The van der Waals surface area contributed by atoms with Gasteiger partial charge in [0.05, 0.1) is 63.9 Å². The second-order valence-corrected chi connectivity index (χ2v) is 14.0. The summed E-state index contributed by atoms with van der Waals surface area (Å²) < 4.78 is 18.1. The fraction of sp³-hybridized carbons (Fsp3) is 0.486. The van der Waals surface area contributed by atoms with E-state index in [1.54, 1.807) is 41.0 Å². The first-order valence-corrected chi connectivity index (χ1v) is 18.2. The Labute approximate surface area is 300 Å². The van der Waals surface area contributed by atoms with Gasteiger partial charge in [0.15, 0.2) is 0 Å². The average Bonchev–Trinajstić information content (AvgIpc) is 3.93. The minimum Gasteiger partial charge on any atom is -0.497 e. The van der Waals surface area contributed by atoms with Crippen molar-refractivity contribution in [2.24, 2.45) is 5.92 Å². The van der Waals surface area contributed by atoms with Gasteiger partial charge in [0, 0.05) is 54.3 Å². The summed E-state index contributed by atoms with van der Waals surface area (Å²) >= 11 is 1.89.